The van der Waals surface area contributed by atoms with Crippen LogP contribution in [0.1, 0.15) is 24.2 Å². The molecule has 0 aromatic heterocycles. The second-order valence-electron chi connectivity index (χ2n) is 4.36. The number of aryl methyl sites for hydroxylation is 1. The molecule has 0 aliphatic heterocycles. The van der Waals surface area contributed by atoms with Gasteiger partial charge in [-0.05, 0) is 65.2 Å². The summed E-state index contributed by atoms with van der Waals surface area (Å²) < 4.78 is 6.91. The summed E-state index contributed by atoms with van der Waals surface area (Å²) >= 11 is 3.51. The molecule has 0 saturated heterocycles. The van der Waals surface area contributed by atoms with Gasteiger partial charge in [0.1, 0.15) is 11.9 Å². The predicted octanol–water partition coefficient (Wildman–Crippen LogP) is 4.48. The molecular formula is C15H16BrNO. The van der Waals surface area contributed by atoms with Crippen LogP contribution in [0.2, 0.25) is 0 Å². The molecule has 0 heterocycles. The van der Waals surface area contributed by atoms with Crippen LogP contribution in [0.4, 0.5) is 5.69 Å². The van der Waals surface area contributed by atoms with Crippen LogP contribution in [0.15, 0.2) is 46.9 Å². The maximum atomic E-state index is 5.94. The summed E-state index contributed by atoms with van der Waals surface area (Å²) in [6.45, 7) is 4.08. The average Bonchev–Trinajstić information content (AvgIpc) is 2.33. The van der Waals surface area contributed by atoms with Gasteiger partial charge in [0, 0.05) is 5.69 Å². The number of halogens is 1. The Bertz CT molecular complexity index is 537. The molecule has 0 amide bonds. The fourth-order valence-corrected chi connectivity index (χ4v) is 2.31. The van der Waals surface area contributed by atoms with Crippen LogP contribution >= 0.6 is 15.9 Å². The molecule has 0 spiro atoms. The zero-order valence-electron chi connectivity index (χ0n) is 10.5. The lowest BCUT2D eigenvalue weighted by Crippen LogP contribution is -2.03. The number of hydrogen-bond acceptors (Lipinski definition) is 2. The number of anilines is 1. The fraction of sp³-hybridized carbons (Fsp3) is 0.200. The van der Waals surface area contributed by atoms with Crippen molar-refractivity contribution >= 4 is 21.6 Å². The second-order valence-corrected chi connectivity index (χ2v) is 5.21. The van der Waals surface area contributed by atoms with Crippen LogP contribution in [-0.4, -0.2) is 0 Å². The van der Waals surface area contributed by atoms with Gasteiger partial charge in [0.2, 0.25) is 0 Å². The van der Waals surface area contributed by atoms with E-state index in [4.69, 9.17) is 10.5 Å². The molecule has 94 valence electrons. The minimum absolute atomic E-state index is 0.00962. The van der Waals surface area contributed by atoms with Gasteiger partial charge in [-0.2, -0.15) is 0 Å². The first-order valence-corrected chi connectivity index (χ1v) is 6.64. The van der Waals surface area contributed by atoms with Crippen molar-refractivity contribution in [2.24, 2.45) is 0 Å². The largest absolute Gasteiger partial charge is 0.485 e. The van der Waals surface area contributed by atoms with Gasteiger partial charge in [0.15, 0.2) is 0 Å². The van der Waals surface area contributed by atoms with Crippen molar-refractivity contribution in [3.63, 3.8) is 0 Å². The summed E-state index contributed by atoms with van der Waals surface area (Å²) in [6.07, 6.45) is -0.00962. The van der Waals surface area contributed by atoms with Crippen LogP contribution in [0.25, 0.3) is 0 Å². The predicted molar refractivity (Wildman–Crippen MR) is 78.8 cm³/mol. The van der Waals surface area contributed by atoms with E-state index in [-0.39, 0.29) is 6.10 Å². The first-order chi connectivity index (χ1) is 8.56. The summed E-state index contributed by atoms with van der Waals surface area (Å²) in [6, 6.07) is 13.8. The van der Waals surface area contributed by atoms with Gasteiger partial charge in [-0.1, -0.05) is 18.2 Å². The third-order valence-electron chi connectivity index (χ3n) is 2.80. The summed E-state index contributed by atoms with van der Waals surface area (Å²) in [5.74, 6) is 0.852. The van der Waals surface area contributed by atoms with Crippen LogP contribution < -0.4 is 10.5 Å². The zero-order valence-corrected chi connectivity index (χ0v) is 12.1. The molecule has 2 N–H and O–H groups in total. The lowest BCUT2D eigenvalue weighted by atomic mass is 10.1. The van der Waals surface area contributed by atoms with Gasteiger partial charge in [-0.25, -0.2) is 0 Å². The number of ether oxygens (including phenoxy) is 1. The highest BCUT2D eigenvalue weighted by Crippen LogP contribution is 2.30. The van der Waals surface area contributed by atoms with Gasteiger partial charge < -0.3 is 10.5 Å². The molecule has 0 fully saturated rings. The van der Waals surface area contributed by atoms with Gasteiger partial charge in [-0.15, -0.1) is 0 Å². The minimum Gasteiger partial charge on any atom is -0.485 e. The SMILES string of the molecule is Cc1ccc(OC(C)c2ccc(N)cc2)c(Br)c1. The quantitative estimate of drug-likeness (QED) is 0.849. The molecule has 2 rings (SSSR count). The Morgan fingerprint density at radius 1 is 1.11 bits per heavy atom. The second kappa shape index (κ2) is 5.44. The van der Waals surface area contributed by atoms with E-state index in [2.05, 4.69) is 22.9 Å². The smallest absolute Gasteiger partial charge is 0.134 e. The van der Waals surface area contributed by atoms with Gasteiger partial charge in [0.25, 0.3) is 0 Å². The van der Waals surface area contributed by atoms with Crippen molar-refractivity contribution in [3.05, 3.63) is 58.1 Å². The molecular weight excluding hydrogens is 290 g/mol. The van der Waals surface area contributed by atoms with Gasteiger partial charge in [-0.3, -0.25) is 0 Å². The number of nitrogens with two attached hydrogens (primary N) is 1. The standard InChI is InChI=1S/C15H16BrNO/c1-10-3-8-15(14(16)9-10)18-11(2)12-4-6-13(17)7-5-12/h3-9,11H,17H2,1-2H3. The van der Waals surface area contributed by atoms with Crippen molar-refractivity contribution in [1.82, 2.24) is 0 Å². The van der Waals surface area contributed by atoms with E-state index >= 15 is 0 Å². The van der Waals surface area contributed by atoms with E-state index in [1.54, 1.807) is 0 Å². The molecule has 0 aliphatic carbocycles. The van der Waals surface area contributed by atoms with E-state index in [9.17, 15) is 0 Å². The Morgan fingerprint density at radius 3 is 2.39 bits per heavy atom. The maximum absolute atomic E-state index is 5.94. The lowest BCUT2D eigenvalue weighted by Gasteiger charge is -2.16. The first-order valence-electron chi connectivity index (χ1n) is 5.84. The third-order valence-corrected chi connectivity index (χ3v) is 3.42. The fourth-order valence-electron chi connectivity index (χ4n) is 1.73. The van der Waals surface area contributed by atoms with Crippen molar-refractivity contribution in [3.8, 4) is 5.75 Å². The van der Waals surface area contributed by atoms with Crippen LogP contribution in [0.5, 0.6) is 5.75 Å². The molecule has 2 aromatic rings. The number of benzene rings is 2. The van der Waals surface area contributed by atoms with Crippen molar-refractivity contribution in [2.75, 3.05) is 5.73 Å². The normalized spacial score (nSPS) is 12.2. The highest BCUT2D eigenvalue weighted by atomic mass is 79.9. The van der Waals surface area contributed by atoms with Crippen LogP contribution in [0.3, 0.4) is 0 Å². The molecule has 1 atom stereocenters. The topological polar surface area (TPSA) is 35.2 Å². The van der Waals surface area contributed by atoms with E-state index in [0.717, 1.165) is 21.5 Å². The Hall–Kier alpha value is -1.48. The highest BCUT2D eigenvalue weighted by molar-refractivity contribution is 9.10. The Morgan fingerprint density at radius 2 is 1.78 bits per heavy atom. The van der Waals surface area contributed by atoms with Crippen molar-refractivity contribution < 1.29 is 4.74 Å². The van der Waals surface area contributed by atoms with Gasteiger partial charge in [0.05, 0.1) is 4.47 Å². The molecule has 18 heavy (non-hydrogen) atoms. The summed E-state index contributed by atoms with van der Waals surface area (Å²) in [7, 11) is 0. The van der Waals surface area contributed by atoms with Crippen LogP contribution in [-0.2, 0) is 0 Å². The molecule has 0 radical (unpaired) electrons. The Labute approximate surface area is 116 Å². The molecule has 1 unspecified atom stereocenters. The summed E-state index contributed by atoms with van der Waals surface area (Å²) in [4.78, 5) is 0. The van der Waals surface area contributed by atoms with Crippen molar-refractivity contribution in [2.45, 2.75) is 20.0 Å². The molecule has 0 saturated carbocycles. The molecule has 2 aromatic carbocycles. The molecule has 0 bridgehead atoms. The van der Waals surface area contributed by atoms with E-state index in [1.165, 1.54) is 5.56 Å². The number of hydrogen-bond donors (Lipinski definition) is 1. The molecule has 0 aliphatic rings. The summed E-state index contributed by atoms with van der Waals surface area (Å²) in [5.41, 5.74) is 8.75. The first kappa shape index (κ1) is 13.0. The van der Waals surface area contributed by atoms with Gasteiger partial charge >= 0.3 is 0 Å². The van der Waals surface area contributed by atoms with E-state index in [0.29, 0.717) is 0 Å². The van der Waals surface area contributed by atoms with Crippen LogP contribution in [0, 0.1) is 6.92 Å². The molecule has 2 nitrogen and oxygen atoms in total. The highest BCUT2D eigenvalue weighted by Gasteiger charge is 2.09. The molecule has 3 heteroatoms. The average molecular weight is 306 g/mol. The van der Waals surface area contributed by atoms with E-state index < -0.39 is 0 Å². The van der Waals surface area contributed by atoms with E-state index in [1.807, 2.05) is 49.4 Å². The Kier molecular flexibility index (Phi) is 3.92. The third kappa shape index (κ3) is 3.05. The number of nitrogen functional groups attached to an aromatic ring is 1. The number of rotatable bonds is 3. The zero-order chi connectivity index (χ0) is 13.1. The lowest BCUT2D eigenvalue weighted by molar-refractivity contribution is 0.225. The maximum Gasteiger partial charge on any atom is 0.134 e. The Balaban J connectivity index is 2.15. The monoisotopic (exact) mass is 305 g/mol. The minimum atomic E-state index is -0.00962. The van der Waals surface area contributed by atoms with Crippen molar-refractivity contribution in [1.29, 1.82) is 0 Å². The summed E-state index contributed by atoms with van der Waals surface area (Å²) in [5, 5.41) is 0.